The van der Waals surface area contributed by atoms with E-state index in [1.54, 1.807) is 25.1 Å². The van der Waals surface area contributed by atoms with E-state index >= 15 is 0 Å². The van der Waals surface area contributed by atoms with Crippen molar-refractivity contribution in [3.63, 3.8) is 0 Å². The number of hydrazone groups is 1. The predicted octanol–water partition coefficient (Wildman–Crippen LogP) is 2.76. The second kappa shape index (κ2) is 9.28. The smallest absolute Gasteiger partial charge is 0.326 e. The Hall–Kier alpha value is -3.48. The molecule has 0 aliphatic heterocycles. The van der Waals surface area contributed by atoms with E-state index in [1.165, 1.54) is 0 Å². The van der Waals surface area contributed by atoms with E-state index in [-0.39, 0.29) is 12.3 Å². The first kappa shape index (κ1) is 19.8. The zero-order valence-corrected chi connectivity index (χ0v) is 15.5. The average Bonchev–Trinajstić information content (AvgIpc) is 2.63. The Balaban J connectivity index is 1.86. The highest BCUT2D eigenvalue weighted by Crippen LogP contribution is 2.14. The van der Waals surface area contributed by atoms with Gasteiger partial charge in [-0.1, -0.05) is 36.4 Å². The van der Waals surface area contributed by atoms with Crippen molar-refractivity contribution >= 4 is 34.8 Å². The van der Waals surface area contributed by atoms with E-state index in [0.29, 0.717) is 11.4 Å². The van der Waals surface area contributed by atoms with Gasteiger partial charge in [0.15, 0.2) is 0 Å². The molecule has 0 saturated heterocycles. The van der Waals surface area contributed by atoms with Gasteiger partial charge in [-0.3, -0.25) is 14.4 Å². The number of nitrogens with one attached hydrogen (secondary N) is 3. The summed E-state index contributed by atoms with van der Waals surface area (Å²) in [5.74, 6) is -1.99. The summed E-state index contributed by atoms with van der Waals surface area (Å²) in [6.07, 6.45) is -0.00593. The van der Waals surface area contributed by atoms with Crippen LogP contribution in [0.2, 0.25) is 0 Å². The van der Waals surface area contributed by atoms with E-state index < -0.39 is 11.8 Å². The molecule has 0 heterocycles. The zero-order chi connectivity index (χ0) is 19.8. The van der Waals surface area contributed by atoms with Gasteiger partial charge >= 0.3 is 11.8 Å². The van der Waals surface area contributed by atoms with Gasteiger partial charge in [0.1, 0.15) is 0 Å². The van der Waals surface area contributed by atoms with Gasteiger partial charge in [-0.2, -0.15) is 5.10 Å². The molecular weight excluding hydrogens is 344 g/mol. The van der Waals surface area contributed by atoms with Crippen molar-refractivity contribution in [2.45, 2.75) is 27.2 Å². The molecule has 2 aromatic rings. The summed E-state index contributed by atoms with van der Waals surface area (Å²) in [4.78, 5) is 35.8. The van der Waals surface area contributed by atoms with Crippen LogP contribution < -0.4 is 16.1 Å². The normalized spacial score (nSPS) is 10.9. The van der Waals surface area contributed by atoms with Gasteiger partial charge in [0.2, 0.25) is 5.91 Å². The molecule has 0 aliphatic rings. The van der Waals surface area contributed by atoms with Crippen molar-refractivity contribution in [3.8, 4) is 0 Å². The Morgan fingerprint density at radius 2 is 1.33 bits per heavy atom. The molecule has 7 nitrogen and oxygen atoms in total. The number of carbonyl (C=O) groups excluding carboxylic acids is 3. The number of para-hydroxylation sites is 2. The van der Waals surface area contributed by atoms with E-state index in [9.17, 15) is 14.4 Å². The van der Waals surface area contributed by atoms with Gasteiger partial charge < -0.3 is 10.6 Å². The lowest BCUT2D eigenvalue weighted by Crippen LogP contribution is -2.33. The number of anilines is 2. The quantitative estimate of drug-likeness (QED) is 0.431. The molecule has 0 radical (unpaired) electrons. The molecule has 0 spiro atoms. The van der Waals surface area contributed by atoms with E-state index in [2.05, 4.69) is 21.2 Å². The fourth-order valence-electron chi connectivity index (χ4n) is 2.27. The fraction of sp³-hybridized carbons (Fsp3) is 0.200. The van der Waals surface area contributed by atoms with Crippen LogP contribution in [0.5, 0.6) is 0 Å². The van der Waals surface area contributed by atoms with Crippen molar-refractivity contribution in [2.75, 3.05) is 10.6 Å². The summed E-state index contributed by atoms with van der Waals surface area (Å²) in [5.41, 5.74) is 5.59. The van der Waals surface area contributed by atoms with Crippen molar-refractivity contribution in [3.05, 3.63) is 59.7 Å². The highest BCUT2D eigenvalue weighted by molar-refractivity contribution is 6.39. The second-order valence-electron chi connectivity index (χ2n) is 6.10. The number of hydrogen-bond donors (Lipinski definition) is 3. The minimum atomic E-state index is -0.906. The molecule has 0 aliphatic carbocycles. The Kier molecular flexibility index (Phi) is 6.82. The number of benzene rings is 2. The van der Waals surface area contributed by atoms with Crippen LogP contribution in [0.4, 0.5) is 11.4 Å². The predicted molar refractivity (Wildman–Crippen MR) is 105 cm³/mol. The number of aryl methyl sites for hydroxylation is 2. The van der Waals surface area contributed by atoms with Crippen LogP contribution in [0.1, 0.15) is 24.5 Å². The SMILES string of the molecule is CC(CC(=O)Nc1ccccc1C)=NNC(=O)C(=O)Nc1ccccc1C. The van der Waals surface area contributed by atoms with Gasteiger partial charge in [-0.25, -0.2) is 5.43 Å². The fourth-order valence-corrected chi connectivity index (χ4v) is 2.27. The van der Waals surface area contributed by atoms with Crippen LogP contribution in [0.3, 0.4) is 0 Å². The zero-order valence-electron chi connectivity index (χ0n) is 15.5. The Labute approximate surface area is 157 Å². The lowest BCUT2D eigenvalue weighted by Gasteiger charge is -2.08. The lowest BCUT2D eigenvalue weighted by atomic mass is 10.2. The topological polar surface area (TPSA) is 99.7 Å². The van der Waals surface area contributed by atoms with Crippen LogP contribution in [0.25, 0.3) is 0 Å². The summed E-state index contributed by atoms with van der Waals surface area (Å²) < 4.78 is 0. The molecule has 140 valence electrons. The maximum absolute atomic E-state index is 12.0. The van der Waals surface area contributed by atoms with Crippen LogP contribution in [0.15, 0.2) is 53.6 Å². The first-order valence-electron chi connectivity index (χ1n) is 8.42. The minimum Gasteiger partial charge on any atom is -0.326 e. The molecule has 3 amide bonds. The van der Waals surface area contributed by atoms with Gasteiger partial charge in [-0.05, 0) is 44.0 Å². The van der Waals surface area contributed by atoms with Crippen molar-refractivity contribution in [1.29, 1.82) is 0 Å². The monoisotopic (exact) mass is 366 g/mol. The van der Waals surface area contributed by atoms with Crippen LogP contribution in [0, 0.1) is 13.8 Å². The Bertz CT molecular complexity index is 890. The number of amides is 3. The van der Waals surface area contributed by atoms with Crippen LogP contribution in [-0.2, 0) is 14.4 Å². The van der Waals surface area contributed by atoms with Crippen molar-refractivity contribution in [2.24, 2.45) is 5.10 Å². The summed E-state index contributed by atoms with van der Waals surface area (Å²) in [7, 11) is 0. The molecular formula is C20H22N4O3. The maximum Gasteiger partial charge on any atom is 0.329 e. The average molecular weight is 366 g/mol. The number of carbonyl (C=O) groups is 3. The Morgan fingerprint density at radius 1 is 0.815 bits per heavy atom. The first-order valence-corrected chi connectivity index (χ1v) is 8.42. The highest BCUT2D eigenvalue weighted by Gasteiger charge is 2.14. The van der Waals surface area contributed by atoms with E-state index in [4.69, 9.17) is 0 Å². The molecule has 0 saturated carbocycles. The highest BCUT2D eigenvalue weighted by atomic mass is 16.2. The number of rotatable bonds is 5. The molecule has 2 rings (SSSR count). The third-order valence-corrected chi connectivity index (χ3v) is 3.78. The maximum atomic E-state index is 12.0. The largest absolute Gasteiger partial charge is 0.329 e. The van der Waals surface area contributed by atoms with Crippen LogP contribution in [-0.4, -0.2) is 23.4 Å². The summed E-state index contributed by atoms with van der Waals surface area (Å²) in [6.45, 7) is 5.31. The van der Waals surface area contributed by atoms with Crippen LogP contribution >= 0.6 is 0 Å². The van der Waals surface area contributed by atoms with Crippen molar-refractivity contribution < 1.29 is 14.4 Å². The third kappa shape index (κ3) is 6.07. The molecule has 27 heavy (non-hydrogen) atoms. The standard InChI is InChI=1S/C20H22N4O3/c1-13-8-4-6-10-16(13)21-18(25)12-15(3)23-24-20(27)19(26)22-17-11-7-5-9-14(17)2/h4-11H,12H2,1-3H3,(H,21,25)(H,22,26)(H,24,27). The third-order valence-electron chi connectivity index (χ3n) is 3.78. The summed E-state index contributed by atoms with van der Waals surface area (Å²) in [5, 5.41) is 9.10. The molecule has 3 N–H and O–H groups in total. The van der Waals surface area contributed by atoms with E-state index in [0.717, 1.165) is 16.8 Å². The lowest BCUT2D eigenvalue weighted by molar-refractivity contribution is -0.136. The molecule has 2 aromatic carbocycles. The van der Waals surface area contributed by atoms with Gasteiger partial charge in [-0.15, -0.1) is 0 Å². The van der Waals surface area contributed by atoms with Gasteiger partial charge in [0, 0.05) is 17.1 Å². The second-order valence-corrected chi connectivity index (χ2v) is 6.10. The molecule has 0 atom stereocenters. The molecule has 0 unspecified atom stereocenters. The molecule has 0 bridgehead atoms. The van der Waals surface area contributed by atoms with Gasteiger partial charge in [0.05, 0.1) is 6.42 Å². The molecule has 0 fully saturated rings. The molecule has 0 aromatic heterocycles. The van der Waals surface area contributed by atoms with Gasteiger partial charge in [0.25, 0.3) is 0 Å². The van der Waals surface area contributed by atoms with Crippen molar-refractivity contribution in [1.82, 2.24) is 5.43 Å². The number of nitrogens with zero attached hydrogens (tertiary/aromatic N) is 1. The summed E-state index contributed by atoms with van der Waals surface area (Å²) in [6, 6.07) is 14.5. The Morgan fingerprint density at radius 3 is 1.89 bits per heavy atom. The van der Waals surface area contributed by atoms with E-state index in [1.807, 2.05) is 44.2 Å². The molecule has 7 heteroatoms. The minimum absolute atomic E-state index is 0.00593. The number of hydrogen-bond acceptors (Lipinski definition) is 4. The first-order chi connectivity index (χ1) is 12.9. The summed E-state index contributed by atoms with van der Waals surface area (Å²) >= 11 is 0.